The summed E-state index contributed by atoms with van der Waals surface area (Å²) in [5.41, 5.74) is 2.15. The molecule has 0 saturated heterocycles. The Balaban J connectivity index is 1.79. The Hall–Kier alpha value is -1.87. The summed E-state index contributed by atoms with van der Waals surface area (Å²) >= 11 is 3.47. The number of fused-ring (bicyclic) bond motifs is 1. The molecule has 0 spiro atoms. The molecule has 1 aromatic heterocycles. The summed E-state index contributed by atoms with van der Waals surface area (Å²) in [5.74, 6) is 0.216. The van der Waals surface area contributed by atoms with Crippen LogP contribution in [0.2, 0.25) is 0 Å². The van der Waals surface area contributed by atoms with Crippen LogP contribution in [0.1, 0.15) is 5.56 Å². The first-order chi connectivity index (χ1) is 9.72. The van der Waals surface area contributed by atoms with Crippen molar-refractivity contribution in [2.75, 3.05) is 0 Å². The van der Waals surface area contributed by atoms with Crippen molar-refractivity contribution < 1.29 is 4.79 Å². The van der Waals surface area contributed by atoms with Gasteiger partial charge in [0.1, 0.15) is 0 Å². The van der Waals surface area contributed by atoms with Crippen molar-refractivity contribution in [2.45, 2.75) is 13.0 Å². The van der Waals surface area contributed by atoms with E-state index in [2.05, 4.69) is 22.0 Å². The highest BCUT2D eigenvalue weighted by Gasteiger charge is 2.07. The van der Waals surface area contributed by atoms with Gasteiger partial charge in [0.05, 0.1) is 6.54 Å². The summed E-state index contributed by atoms with van der Waals surface area (Å²) in [5, 5.41) is 1.15. The van der Waals surface area contributed by atoms with E-state index in [0.29, 0.717) is 13.0 Å². The van der Waals surface area contributed by atoms with E-state index in [4.69, 9.17) is 0 Å². The van der Waals surface area contributed by atoms with Gasteiger partial charge < -0.3 is 4.57 Å². The molecular formula is C17H14BrNO. The van der Waals surface area contributed by atoms with E-state index in [1.807, 2.05) is 59.3 Å². The molecule has 0 aliphatic carbocycles. The second kappa shape index (κ2) is 5.63. The second-order valence-electron chi connectivity index (χ2n) is 4.85. The summed E-state index contributed by atoms with van der Waals surface area (Å²) in [4.78, 5) is 12.2. The van der Waals surface area contributed by atoms with Gasteiger partial charge in [-0.3, -0.25) is 4.79 Å². The summed E-state index contributed by atoms with van der Waals surface area (Å²) in [6.07, 6.45) is 2.45. The quantitative estimate of drug-likeness (QED) is 0.703. The number of Topliss-reactive ketones (excluding diaryl/α,β-unsaturated/α-hetero) is 1. The van der Waals surface area contributed by atoms with Crippen LogP contribution in [0.25, 0.3) is 10.9 Å². The second-order valence-corrected chi connectivity index (χ2v) is 5.76. The third-order valence-corrected chi connectivity index (χ3v) is 3.82. The zero-order valence-electron chi connectivity index (χ0n) is 10.9. The predicted molar refractivity (Wildman–Crippen MR) is 84.8 cm³/mol. The smallest absolute Gasteiger partial charge is 0.156 e. The van der Waals surface area contributed by atoms with Crippen LogP contribution >= 0.6 is 15.9 Å². The Bertz CT molecular complexity index is 746. The zero-order valence-corrected chi connectivity index (χ0v) is 12.5. The molecule has 0 saturated carbocycles. The highest BCUT2D eigenvalue weighted by Crippen LogP contribution is 2.21. The van der Waals surface area contributed by atoms with Gasteiger partial charge >= 0.3 is 0 Å². The van der Waals surface area contributed by atoms with Gasteiger partial charge in [-0.2, -0.15) is 0 Å². The molecule has 0 unspecified atom stereocenters. The molecule has 2 nitrogen and oxygen atoms in total. The summed E-state index contributed by atoms with van der Waals surface area (Å²) in [6, 6.07) is 18.0. The number of hydrogen-bond acceptors (Lipinski definition) is 1. The largest absolute Gasteiger partial charge is 0.340 e. The Kier molecular flexibility index (Phi) is 3.70. The Morgan fingerprint density at radius 3 is 2.65 bits per heavy atom. The van der Waals surface area contributed by atoms with Gasteiger partial charge in [-0.25, -0.2) is 0 Å². The number of halogens is 1. The van der Waals surface area contributed by atoms with Crippen molar-refractivity contribution >= 4 is 32.6 Å². The number of rotatable bonds is 4. The first kappa shape index (κ1) is 13.1. The molecule has 1 heterocycles. The van der Waals surface area contributed by atoms with E-state index < -0.39 is 0 Å². The normalized spacial score (nSPS) is 10.8. The maximum absolute atomic E-state index is 12.2. The van der Waals surface area contributed by atoms with Crippen LogP contribution < -0.4 is 0 Å². The van der Waals surface area contributed by atoms with Crippen LogP contribution in [-0.2, 0) is 17.8 Å². The lowest BCUT2D eigenvalue weighted by Crippen LogP contribution is -2.11. The molecule has 0 N–H and O–H groups in total. The van der Waals surface area contributed by atoms with Crippen molar-refractivity contribution in [2.24, 2.45) is 0 Å². The lowest BCUT2D eigenvalue weighted by Gasteiger charge is -2.05. The number of benzene rings is 2. The zero-order chi connectivity index (χ0) is 13.9. The van der Waals surface area contributed by atoms with Crippen molar-refractivity contribution in [3.63, 3.8) is 0 Å². The fraction of sp³-hybridized carbons (Fsp3) is 0.118. The van der Waals surface area contributed by atoms with Crippen molar-refractivity contribution in [3.05, 3.63) is 70.8 Å². The average Bonchev–Trinajstić information content (AvgIpc) is 2.82. The number of ketones is 1. The number of hydrogen-bond donors (Lipinski definition) is 0. The van der Waals surface area contributed by atoms with Gasteiger partial charge in [0.25, 0.3) is 0 Å². The highest BCUT2D eigenvalue weighted by molar-refractivity contribution is 9.10. The minimum absolute atomic E-state index is 0.216. The number of carbonyl (C=O) groups is 1. The van der Waals surface area contributed by atoms with Crippen molar-refractivity contribution in [1.29, 1.82) is 0 Å². The molecule has 2 aromatic carbocycles. The lowest BCUT2D eigenvalue weighted by atomic mass is 10.1. The van der Waals surface area contributed by atoms with Gasteiger partial charge in [-0.05, 0) is 29.1 Å². The first-order valence-corrected chi connectivity index (χ1v) is 7.32. The molecule has 0 aliphatic rings. The van der Waals surface area contributed by atoms with Crippen molar-refractivity contribution in [3.8, 4) is 0 Å². The van der Waals surface area contributed by atoms with E-state index in [0.717, 1.165) is 20.9 Å². The molecule has 0 amide bonds. The summed E-state index contributed by atoms with van der Waals surface area (Å²) in [7, 11) is 0. The van der Waals surface area contributed by atoms with Crippen LogP contribution in [0.3, 0.4) is 0 Å². The fourth-order valence-corrected chi connectivity index (χ4v) is 2.71. The SMILES string of the molecule is O=C(Cc1ccccc1)Cn1ccc2ccc(Br)cc21. The molecule has 0 fully saturated rings. The minimum atomic E-state index is 0.216. The van der Waals surface area contributed by atoms with Crippen LogP contribution in [0, 0.1) is 0 Å². The Labute approximate surface area is 126 Å². The molecule has 0 atom stereocenters. The van der Waals surface area contributed by atoms with Gasteiger partial charge in [0, 0.05) is 22.6 Å². The molecule has 0 aliphatic heterocycles. The third-order valence-electron chi connectivity index (χ3n) is 3.33. The molecule has 3 rings (SSSR count). The molecule has 3 aromatic rings. The van der Waals surface area contributed by atoms with Crippen molar-refractivity contribution in [1.82, 2.24) is 4.57 Å². The first-order valence-electron chi connectivity index (χ1n) is 6.52. The maximum atomic E-state index is 12.2. The fourth-order valence-electron chi connectivity index (χ4n) is 2.36. The maximum Gasteiger partial charge on any atom is 0.156 e. The molecule has 100 valence electrons. The molecule has 3 heteroatoms. The van der Waals surface area contributed by atoms with E-state index >= 15 is 0 Å². The third kappa shape index (κ3) is 2.83. The van der Waals surface area contributed by atoms with E-state index in [-0.39, 0.29) is 5.78 Å². The number of nitrogens with zero attached hydrogens (tertiary/aromatic N) is 1. The highest BCUT2D eigenvalue weighted by atomic mass is 79.9. The standard InChI is InChI=1S/C17H14BrNO/c18-15-7-6-14-8-9-19(17(14)11-15)12-16(20)10-13-4-2-1-3-5-13/h1-9,11H,10,12H2. The summed E-state index contributed by atoms with van der Waals surface area (Å²) in [6.45, 7) is 0.412. The monoisotopic (exact) mass is 327 g/mol. The summed E-state index contributed by atoms with van der Waals surface area (Å²) < 4.78 is 3.03. The molecule has 20 heavy (non-hydrogen) atoms. The van der Waals surface area contributed by atoms with E-state index in [9.17, 15) is 4.79 Å². The number of aromatic nitrogens is 1. The topological polar surface area (TPSA) is 22.0 Å². The van der Waals surface area contributed by atoms with Crippen LogP contribution in [0.4, 0.5) is 0 Å². The lowest BCUT2D eigenvalue weighted by molar-refractivity contribution is -0.118. The average molecular weight is 328 g/mol. The molecule has 0 bridgehead atoms. The van der Waals surface area contributed by atoms with Crippen LogP contribution in [-0.4, -0.2) is 10.4 Å². The predicted octanol–water partition coefficient (Wildman–Crippen LogP) is 4.22. The Morgan fingerprint density at radius 1 is 1.05 bits per heavy atom. The van der Waals surface area contributed by atoms with Crippen LogP contribution in [0.5, 0.6) is 0 Å². The van der Waals surface area contributed by atoms with Gasteiger partial charge in [-0.15, -0.1) is 0 Å². The van der Waals surface area contributed by atoms with E-state index in [1.165, 1.54) is 0 Å². The van der Waals surface area contributed by atoms with Crippen LogP contribution in [0.15, 0.2) is 65.3 Å². The van der Waals surface area contributed by atoms with Gasteiger partial charge in [0.2, 0.25) is 0 Å². The number of carbonyl (C=O) groups excluding carboxylic acids is 1. The molecular weight excluding hydrogens is 314 g/mol. The van der Waals surface area contributed by atoms with Gasteiger partial charge in [-0.1, -0.05) is 52.3 Å². The van der Waals surface area contributed by atoms with Gasteiger partial charge in [0.15, 0.2) is 5.78 Å². The Morgan fingerprint density at radius 2 is 1.85 bits per heavy atom. The van der Waals surface area contributed by atoms with E-state index in [1.54, 1.807) is 0 Å². The minimum Gasteiger partial charge on any atom is -0.340 e. The molecule has 0 radical (unpaired) electrons.